The topological polar surface area (TPSA) is 42.4 Å². The van der Waals surface area contributed by atoms with Gasteiger partial charge in [-0.25, -0.2) is 4.98 Å². The second-order valence-corrected chi connectivity index (χ2v) is 7.56. The van der Waals surface area contributed by atoms with Gasteiger partial charge in [0.05, 0.1) is 12.2 Å². The molecule has 2 aromatic rings. The molecular formula is C20H28N2O2S. The Labute approximate surface area is 154 Å². The van der Waals surface area contributed by atoms with E-state index in [9.17, 15) is 4.79 Å². The first-order valence-corrected chi connectivity index (χ1v) is 9.72. The van der Waals surface area contributed by atoms with E-state index in [1.807, 2.05) is 28.5 Å². The fraction of sp³-hybridized carbons (Fsp3) is 0.500. The molecule has 2 rings (SSSR count). The maximum Gasteiger partial charge on any atom is 0.220 e. The summed E-state index contributed by atoms with van der Waals surface area (Å²) in [6.07, 6.45) is 0.936. The number of carbonyl (C=O) groups excluding carboxylic acids is 1. The Balaban J connectivity index is 2.01. The van der Waals surface area contributed by atoms with Crippen LogP contribution in [0, 0.1) is 0 Å². The number of ether oxygens (including phenoxy) is 1. The molecule has 1 atom stereocenters. The average molecular weight is 361 g/mol. The predicted octanol–water partition coefficient (Wildman–Crippen LogP) is 4.99. The molecule has 0 aliphatic carbocycles. The number of hydrogen-bond acceptors (Lipinski definition) is 4. The Kier molecular flexibility index (Phi) is 7.00. The van der Waals surface area contributed by atoms with Crippen molar-refractivity contribution in [3.63, 3.8) is 0 Å². The summed E-state index contributed by atoms with van der Waals surface area (Å²) in [6.45, 7) is 11.1. The minimum absolute atomic E-state index is 0.0889. The molecule has 0 fully saturated rings. The Morgan fingerprint density at radius 3 is 2.64 bits per heavy atom. The monoisotopic (exact) mass is 360 g/mol. The molecule has 4 nitrogen and oxygen atoms in total. The van der Waals surface area contributed by atoms with Gasteiger partial charge in [0, 0.05) is 18.3 Å². The number of rotatable bonds is 8. The molecule has 0 radical (unpaired) electrons. The normalized spacial score (nSPS) is 12.2. The lowest BCUT2D eigenvalue weighted by atomic mass is 10.0. The summed E-state index contributed by atoms with van der Waals surface area (Å²) in [5.74, 6) is 1.42. The number of para-hydroxylation sites is 1. The molecule has 5 heteroatoms. The first kappa shape index (κ1) is 19.4. The zero-order valence-corrected chi connectivity index (χ0v) is 16.6. The second kappa shape index (κ2) is 8.99. The lowest BCUT2D eigenvalue weighted by Gasteiger charge is -2.26. The number of carbonyl (C=O) groups is 1. The van der Waals surface area contributed by atoms with Crippen LogP contribution in [0.4, 0.5) is 0 Å². The van der Waals surface area contributed by atoms with E-state index in [-0.39, 0.29) is 11.9 Å². The molecule has 1 amide bonds. The summed E-state index contributed by atoms with van der Waals surface area (Å²) in [6, 6.07) is 8.35. The molecule has 0 spiro atoms. The highest BCUT2D eigenvalue weighted by atomic mass is 32.1. The summed E-state index contributed by atoms with van der Waals surface area (Å²) in [7, 11) is 0. The van der Waals surface area contributed by atoms with E-state index in [0.717, 1.165) is 22.9 Å². The Bertz CT molecular complexity index is 697. The van der Waals surface area contributed by atoms with Crippen molar-refractivity contribution < 1.29 is 9.53 Å². The van der Waals surface area contributed by atoms with Gasteiger partial charge in [-0.05, 0) is 30.9 Å². The van der Waals surface area contributed by atoms with Gasteiger partial charge in [0.2, 0.25) is 5.91 Å². The van der Waals surface area contributed by atoms with E-state index in [2.05, 4.69) is 38.7 Å². The third-order valence-corrected chi connectivity index (χ3v) is 5.22. The van der Waals surface area contributed by atoms with E-state index in [1.54, 1.807) is 18.3 Å². The van der Waals surface area contributed by atoms with E-state index in [1.165, 1.54) is 5.56 Å². The number of thiazole rings is 1. The minimum Gasteiger partial charge on any atom is -0.486 e. The summed E-state index contributed by atoms with van der Waals surface area (Å²) >= 11 is 1.58. The second-order valence-electron chi connectivity index (χ2n) is 6.62. The first-order valence-electron chi connectivity index (χ1n) is 8.84. The largest absolute Gasteiger partial charge is 0.486 e. The van der Waals surface area contributed by atoms with Gasteiger partial charge in [0.25, 0.3) is 0 Å². The number of benzene rings is 1. The molecule has 1 aromatic heterocycles. The first-order chi connectivity index (χ1) is 11.9. The van der Waals surface area contributed by atoms with Crippen LogP contribution in [0.25, 0.3) is 0 Å². The quantitative estimate of drug-likeness (QED) is 0.666. The van der Waals surface area contributed by atoms with Gasteiger partial charge in [-0.2, -0.15) is 0 Å². The van der Waals surface area contributed by atoms with Crippen molar-refractivity contribution in [1.29, 1.82) is 0 Å². The van der Waals surface area contributed by atoms with Crippen molar-refractivity contribution in [3.8, 4) is 5.75 Å². The van der Waals surface area contributed by atoms with Gasteiger partial charge in [-0.3, -0.25) is 4.79 Å². The number of nitrogens with zero attached hydrogens (tertiary/aromatic N) is 2. The van der Waals surface area contributed by atoms with E-state index in [0.29, 0.717) is 19.1 Å². The highest BCUT2D eigenvalue weighted by Gasteiger charge is 2.17. The zero-order chi connectivity index (χ0) is 18.4. The molecule has 0 saturated carbocycles. The van der Waals surface area contributed by atoms with Crippen LogP contribution in [0.1, 0.15) is 63.2 Å². The third-order valence-electron chi connectivity index (χ3n) is 4.35. The van der Waals surface area contributed by atoms with Crippen molar-refractivity contribution >= 4 is 17.2 Å². The maximum atomic E-state index is 11.8. The predicted molar refractivity (Wildman–Crippen MR) is 103 cm³/mol. The number of aromatic nitrogens is 1. The van der Waals surface area contributed by atoms with Crippen molar-refractivity contribution in [2.24, 2.45) is 0 Å². The van der Waals surface area contributed by atoms with Gasteiger partial charge >= 0.3 is 0 Å². The van der Waals surface area contributed by atoms with Crippen molar-refractivity contribution in [2.45, 2.75) is 66.2 Å². The van der Waals surface area contributed by atoms with Gasteiger partial charge in [-0.15, -0.1) is 11.3 Å². The van der Waals surface area contributed by atoms with Crippen LogP contribution in [0.5, 0.6) is 5.75 Å². The van der Waals surface area contributed by atoms with Crippen LogP contribution in [-0.2, 0) is 17.9 Å². The summed E-state index contributed by atoms with van der Waals surface area (Å²) in [5.41, 5.74) is 2.13. The van der Waals surface area contributed by atoms with Gasteiger partial charge in [0.1, 0.15) is 17.4 Å². The SMILES string of the molecule is CCC(C)N(Cc1csc(COc2ccccc2C(C)C)n1)C(C)=O. The molecule has 1 unspecified atom stereocenters. The molecule has 136 valence electrons. The van der Waals surface area contributed by atoms with Crippen LogP contribution in [0.15, 0.2) is 29.6 Å². The van der Waals surface area contributed by atoms with E-state index >= 15 is 0 Å². The molecule has 0 N–H and O–H groups in total. The molecule has 1 aromatic carbocycles. The zero-order valence-electron chi connectivity index (χ0n) is 15.8. The highest BCUT2D eigenvalue weighted by molar-refractivity contribution is 7.09. The highest BCUT2D eigenvalue weighted by Crippen LogP contribution is 2.27. The Hall–Kier alpha value is -1.88. The number of hydrogen-bond donors (Lipinski definition) is 0. The molecular weight excluding hydrogens is 332 g/mol. The molecule has 25 heavy (non-hydrogen) atoms. The standard InChI is InChI=1S/C20H28N2O2S/c1-6-15(4)22(16(5)23)11-17-13-25-20(21-17)12-24-19-10-8-7-9-18(19)14(2)3/h7-10,13-15H,6,11-12H2,1-5H3. The summed E-state index contributed by atoms with van der Waals surface area (Å²) in [4.78, 5) is 18.4. The van der Waals surface area contributed by atoms with Crippen molar-refractivity contribution in [3.05, 3.63) is 45.9 Å². The van der Waals surface area contributed by atoms with Crippen LogP contribution in [0.2, 0.25) is 0 Å². The fourth-order valence-corrected chi connectivity index (χ4v) is 3.38. The third kappa shape index (κ3) is 5.30. The van der Waals surface area contributed by atoms with Crippen LogP contribution >= 0.6 is 11.3 Å². The van der Waals surface area contributed by atoms with E-state index < -0.39 is 0 Å². The smallest absolute Gasteiger partial charge is 0.220 e. The molecule has 0 aliphatic heterocycles. The summed E-state index contributed by atoms with van der Waals surface area (Å²) in [5, 5.41) is 2.95. The lowest BCUT2D eigenvalue weighted by molar-refractivity contribution is -0.131. The Morgan fingerprint density at radius 1 is 1.28 bits per heavy atom. The Morgan fingerprint density at radius 2 is 2.00 bits per heavy atom. The van der Waals surface area contributed by atoms with Crippen molar-refractivity contribution in [1.82, 2.24) is 9.88 Å². The fourth-order valence-electron chi connectivity index (χ4n) is 2.69. The number of amides is 1. The lowest BCUT2D eigenvalue weighted by Crippen LogP contribution is -2.36. The molecule has 1 heterocycles. The van der Waals surface area contributed by atoms with Gasteiger partial charge in [-0.1, -0.05) is 39.0 Å². The van der Waals surface area contributed by atoms with Crippen LogP contribution in [-0.4, -0.2) is 21.8 Å². The van der Waals surface area contributed by atoms with E-state index in [4.69, 9.17) is 4.74 Å². The molecule has 0 saturated heterocycles. The van der Waals surface area contributed by atoms with Crippen molar-refractivity contribution in [2.75, 3.05) is 0 Å². The average Bonchev–Trinajstić information content (AvgIpc) is 3.04. The summed E-state index contributed by atoms with van der Waals surface area (Å²) < 4.78 is 5.99. The molecule has 0 aliphatic rings. The van der Waals surface area contributed by atoms with Gasteiger partial charge < -0.3 is 9.64 Å². The van der Waals surface area contributed by atoms with Crippen LogP contribution < -0.4 is 4.74 Å². The molecule has 0 bridgehead atoms. The maximum absolute atomic E-state index is 11.8. The van der Waals surface area contributed by atoms with Crippen LogP contribution in [0.3, 0.4) is 0 Å². The van der Waals surface area contributed by atoms with Gasteiger partial charge in [0.15, 0.2) is 0 Å². The minimum atomic E-state index is 0.0889.